The molecule has 5 nitrogen and oxygen atoms in total. The van der Waals surface area contributed by atoms with Gasteiger partial charge in [-0.25, -0.2) is 13.4 Å². The maximum Gasteiger partial charge on any atom is 0.181 e. The molecule has 0 saturated carbocycles. The number of hydrogen-bond donors (Lipinski definition) is 1. The highest BCUT2D eigenvalue weighted by atomic mass is 32.2. The first kappa shape index (κ1) is 12.8. The maximum absolute atomic E-state index is 11.7. The number of benzene rings is 1. The fourth-order valence-corrected chi connectivity index (χ4v) is 1.87. The Labute approximate surface area is 106 Å². The summed E-state index contributed by atoms with van der Waals surface area (Å²) in [5, 5.41) is 6.78. The molecule has 1 aromatic heterocycles. The van der Waals surface area contributed by atoms with Crippen LogP contribution in [0.4, 0.5) is 0 Å². The minimum absolute atomic E-state index is 0.351. The second-order valence-electron chi connectivity index (χ2n) is 4.66. The summed E-state index contributed by atoms with van der Waals surface area (Å²) in [6, 6.07) is 9.42. The summed E-state index contributed by atoms with van der Waals surface area (Å²) in [6.07, 6.45) is 1.19. The number of H-pyrrole nitrogens is 1. The molecule has 6 heteroatoms. The van der Waals surface area contributed by atoms with Crippen LogP contribution in [0.3, 0.4) is 0 Å². The Morgan fingerprint density at radius 3 is 2.33 bits per heavy atom. The van der Waals surface area contributed by atoms with Crippen molar-refractivity contribution < 1.29 is 8.42 Å². The van der Waals surface area contributed by atoms with Crippen LogP contribution in [0.2, 0.25) is 0 Å². The van der Waals surface area contributed by atoms with E-state index in [1.54, 1.807) is 13.8 Å². The van der Waals surface area contributed by atoms with Gasteiger partial charge in [-0.2, -0.15) is 5.10 Å². The average molecular weight is 265 g/mol. The number of hydrogen-bond acceptors (Lipinski definition) is 4. The van der Waals surface area contributed by atoms with Crippen LogP contribution in [0.5, 0.6) is 0 Å². The summed E-state index contributed by atoms with van der Waals surface area (Å²) in [5.41, 5.74) is 0.851. The Kier molecular flexibility index (Phi) is 2.98. The Bertz CT molecular complexity index is 645. The van der Waals surface area contributed by atoms with Gasteiger partial charge in [0.25, 0.3) is 0 Å². The van der Waals surface area contributed by atoms with Gasteiger partial charge in [0, 0.05) is 11.8 Å². The third-order valence-corrected chi connectivity index (χ3v) is 5.06. The number of sulfone groups is 1. The molecular weight excluding hydrogens is 250 g/mol. The molecule has 0 bridgehead atoms. The van der Waals surface area contributed by atoms with Crippen LogP contribution in [-0.4, -0.2) is 29.9 Å². The lowest BCUT2D eigenvalue weighted by Crippen LogP contribution is -2.29. The smallest absolute Gasteiger partial charge is 0.181 e. The molecule has 0 spiro atoms. The van der Waals surface area contributed by atoms with Crippen molar-refractivity contribution in [3.8, 4) is 11.4 Å². The highest BCUT2D eigenvalue weighted by Gasteiger charge is 2.35. The van der Waals surface area contributed by atoms with E-state index in [2.05, 4.69) is 15.2 Å². The van der Waals surface area contributed by atoms with Crippen molar-refractivity contribution >= 4 is 9.84 Å². The van der Waals surface area contributed by atoms with Gasteiger partial charge in [-0.05, 0) is 13.8 Å². The largest absolute Gasteiger partial charge is 0.261 e. The lowest BCUT2D eigenvalue weighted by atomic mass is 10.2. The Hall–Kier alpha value is -1.69. The molecule has 0 radical (unpaired) electrons. The Balaban J connectivity index is 2.44. The van der Waals surface area contributed by atoms with Gasteiger partial charge in [-0.3, -0.25) is 5.10 Å². The van der Waals surface area contributed by atoms with Crippen LogP contribution in [0.1, 0.15) is 19.7 Å². The molecule has 0 amide bonds. The fraction of sp³-hybridized carbons (Fsp3) is 0.333. The number of aromatic amines is 1. The van der Waals surface area contributed by atoms with E-state index in [4.69, 9.17) is 0 Å². The molecule has 0 saturated heterocycles. The zero-order chi connectivity index (χ0) is 13.4. The van der Waals surface area contributed by atoms with E-state index in [1.165, 1.54) is 6.26 Å². The summed E-state index contributed by atoms with van der Waals surface area (Å²) < 4.78 is 22.3. The normalized spacial score (nSPS) is 12.6. The van der Waals surface area contributed by atoms with Crippen molar-refractivity contribution in [2.75, 3.05) is 6.26 Å². The standard InChI is InChI=1S/C12H15N3O2S/c1-12(2,18(3,16)17)11-13-10(14-15-11)9-7-5-4-6-8-9/h4-8H,1-3H3,(H,13,14,15). The molecule has 0 unspecified atom stereocenters. The SMILES string of the molecule is CC(C)(c1nc(-c2ccccc2)n[nH]1)S(C)(=O)=O. The predicted molar refractivity (Wildman–Crippen MR) is 69.7 cm³/mol. The van der Waals surface area contributed by atoms with Crippen LogP contribution in [0.15, 0.2) is 30.3 Å². The lowest BCUT2D eigenvalue weighted by Gasteiger charge is -2.18. The number of nitrogens with one attached hydrogen (secondary N) is 1. The fourth-order valence-electron chi connectivity index (χ4n) is 1.42. The Morgan fingerprint density at radius 1 is 1.17 bits per heavy atom. The van der Waals surface area contributed by atoms with Crippen molar-refractivity contribution in [3.63, 3.8) is 0 Å². The molecule has 0 aliphatic heterocycles. The van der Waals surface area contributed by atoms with E-state index in [9.17, 15) is 8.42 Å². The number of nitrogens with zero attached hydrogens (tertiary/aromatic N) is 2. The molecule has 1 aromatic carbocycles. The molecule has 2 rings (SSSR count). The first-order valence-electron chi connectivity index (χ1n) is 5.50. The van der Waals surface area contributed by atoms with E-state index < -0.39 is 14.6 Å². The summed E-state index contributed by atoms with van der Waals surface area (Å²) >= 11 is 0. The van der Waals surface area contributed by atoms with Gasteiger partial charge in [0.15, 0.2) is 15.7 Å². The number of rotatable bonds is 3. The van der Waals surface area contributed by atoms with Crippen LogP contribution in [0.25, 0.3) is 11.4 Å². The van der Waals surface area contributed by atoms with E-state index in [0.717, 1.165) is 5.56 Å². The highest BCUT2D eigenvalue weighted by Crippen LogP contribution is 2.27. The average Bonchev–Trinajstić information content (AvgIpc) is 2.78. The van der Waals surface area contributed by atoms with Crippen molar-refractivity contribution in [2.45, 2.75) is 18.6 Å². The van der Waals surface area contributed by atoms with Crippen LogP contribution < -0.4 is 0 Å². The molecule has 18 heavy (non-hydrogen) atoms. The van der Waals surface area contributed by atoms with Gasteiger partial charge in [-0.15, -0.1) is 0 Å². The first-order chi connectivity index (χ1) is 8.32. The summed E-state index contributed by atoms with van der Waals surface area (Å²) in [4.78, 5) is 4.27. The molecule has 0 aliphatic carbocycles. The Morgan fingerprint density at radius 2 is 1.78 bits per heavy atom. The van der Waals surface area contributed by atoms with Crippen LogP contribution in [0, 0.1) is 0 Å². The molecule has 1 N–H and O–H groups in total. The second-order valence-corrected chi connectivity index (χ2v) is 7.22. The van der Waals surface area contributed by atoms with E-state index in [-0.39, 0.29) is 0 Å². The molecule has 2 aromatic rings. The van der Waals surface area contributed by atoms with Gasteiger partial charge in [0.2, 0.25) is 0 Å². The third-order valence-electron chi connectivity index (χ3n) is 3.01. The molecule has 0 aliphatic rings. The van der Waals surface area contributed by atoms with Gasteiger partial charge in [-0.1, -0.05) is 30.3 Å². The minimum atomic E-state index is -3.26. The molecule has 1 heterocycles. The first-order valence-corrected chi connectivity index (χ1v) is 7.39. The summed E-state index contributed by atoms with van der Waals surface area (Å²) in [6.45, 7) is 3.22. The monoisotopic (exact) mass is 265 g/mol. The second kappa shape index (κ2) is 4.20. The zero-order valence-electron chi connectivity index (χ0n) is 10.5. The minimum Gasteiger partial charge on any atom is -0.261 e. The molecule has 96 valence electrons. The van der Waals surface area contributed by atoms with Crippen molar-refractivity contribution in [1.82, 2.24) is 15.2 Å². The quantitative estimate of drug-likeness (QED) is 0.917. The van der Waals surface area contributed by atoms with Gasteiger partial charge >= 0.3 is 0 Å². The molecular formula is C12H15N3O2S. The van der Waals surface area contributed by atoms with Crippen LogP contribution >= 0.6 is 0 Å². The summed E-state index contributed by atoms with van der Waals surface area (Å²) in [7, 11) is -3.26. The topological polar surface area (TPSA) is 75.7 Å². The molecule has 0 atom stereocenters. The van der Waals surface area contributed by atoms with Gasteiger partial charge in [0.1, 0.15) is 10.6 Å². The molecule has 0 fully saturated rings. The van der Waals surface area contributed by atoms with E-state index in [1.807, 2.05) is 30.3 Å². The van der Waals surface area contributed by atoms with E-state index >= 15 is 0 Å². The lowest BCUT2D eigenvalue weighted by molar-refractivity contribution is 0.551. The maximum atomic E-state index is 11.7. The van der Waals surface area contributed by atoms with Crippen molar-refractivity contribution in [2.24, 2.45) is 0 Å². The van der Waals surface area contributed by atoms with Gasteiger partial charge in [0.05, 0.1) is 0 Å². The summed E-state index contributed by atoms with van der Waals surface area (Å²) in [5.74, 6) is 0.853. The predicted octanol–water partition coefficient (Wildman–Crippen LogP) is 1.75. The third kappa shape index (κ3) is 2.15. The highest BCUT2D eigenvalue weighted by molar-refractivity contribution is 7.91. The van der Waals surface area contributed by atoms with E-state index in [0.29, 0.717) is 11.6 Å². The van der Waals surface area contributed by atoms with Crippen LogP contribution in [-0.2, 0) is 14.6 Å². The van der Waals surface area contributed by atoms with Crippen molar-refractivity contribution in [1.29, 1.82) is 0 Å². The van der Waals surface area contributed by atoms with Gasteiger partial charge < -0.3 is 0 Å². The number of aromatic nitrogens is 3. The zero-order valence-corrected chi connectivity index (χ0v) is 11.3. The van der Waals surface area contributed by atoms with Crippen molar-refractivity contribution in [3.05, 3.63) is 36.2 Å².